The van der Waals surface area contributed by atoms with Crippen LogP contribution in [0.2, 0.25) is 0 Å². The van der Waals surface area contributed by atoms with Crippen LogP contribution in [0.5, 0.6) is 0 Å². The van der Waals surface area contributed by atoms with Crippen LogP contribution in [0.3, 0.4) is 0 Å². The van der Waals surface area contributed by atoms with Crippen LogP contribution in [-0.2, 0) is 9.59 Å². The third-order valence-corrected chi connectivity index (χ3v) is 12.0. The van der Waals surface area contributed by atoms with Crippen molar-refractivity contribution in [3.05, 3.63) is 0 Å². The first-order valence-corrected chi connectivity index (χ1v) is 25.9. The number of hydrogen-bond acceptors (Lipinski definition) is 4. The number of carboxylic acid groups (broad SMARTS) is 2. The molecule has 0 aliphatic heterocycles. The van der Waals surface area contributed by atoms with Crippen LogP contribution in [0.4, 0.5) is 0 Å². The Kier molecular flexibility index (Phi) is 62.9. The molecule has 0 unspecified atom stereocenters. The van der Waals surface area contributed by atoms with Gasteiger partial charge in [0.05, 0.1) is 0 Å². The molecule has 4 nitrogen and oxygen atoms in total. The minimum Gasteiger partial charge on any atom is -0.550 e. The normalized spacial score (nSPS) is 11.0. The molecule has 0 radical (unpaired) electrons. The summed E-state index contributed by atoms with van der Waals surface area (Å²) in [6.45, 7) is 4.58. The first kappa shape index (κ1) is 61.5. The predicted molar refractivity (Wildman–Crippen MR) is 249 cm³/mol. The maximum atomic E-state index is 10.3. The Morgan fingerprint density at radius 2 is 0.333 bits per heavy atom. The molecular formula is C52H102CaO4. The standard InChI is InChI=1S/2C26H52O2.Ca/c2*1-2-3-4-5-6-7-8-9-10-11-12-13-14-15-16-17-18-19-20-21-22-23-24-25-26(27)28;/h2*2-25H2,1H3,(H,27,28);/q;;+2/p-2. The van der Waals surface area contributed by atoms with E-state index in [1.54, 1.807) is 0 Å². The van der Waals surface area contributed by atoms with Gasteiger partial charge in [0.2, 0.25) is 0 Å². The maximum absolute atomic E-state index is 10.3. The van der Waals surface area contributed by atoms with Crippen LogP contribution < -0.4 is 10.2 Å². The zero-order valence-corrected chi connectivity index (χ0v) is 41.5. The van der Waals surface area contributed by atoms with Crippen LogP contribution >= 0.6 is 0 Å². The summed E-state index contributed by atoms with van der Waals surface area (Å²) in [6.07, 6.45) is 63.3. The topological polar surface area (TPSA) is 80.3 Å². The minimum absolute atomic E-state index is 0. The first-order chi connectivity index (χ1) is 27.5. The number of rotatable bonds is 48. The summed E-state index contributed by atoms with van der Waals surface area (Å²) in [5, 5.41) is 20.6. The molecule has 0 heterocycles. The molecule has 336 valence electrons. The molecule has 57 heavy (non-hydrogen) atoms. The van der Waals surface area contributed by atoms with Crippen molar-refractivity contribution in [1.82, 2.24) is 0 Å². The van der Waals surface area contributed by atoms with Crippen molar-refractivity contribution in [2.75, 3.05) is 0 Å². The molecule has 0 aliphatic rings. The van der Waals surface area contributed by atoms with E-state index in [9.17, 15) is 19.8 Å². The summed E-state index contributed by atoms with van der Waals surface area (Å²) in [6, 6.07) is 0. The molecule has 0 saturated heterocycles. The van der Waals surface area contributed by atoms with E-state index >= 15 is 0 Å². The Labute approximate surface area is 388 Å². The van der Waals surface area contributed by atoms with E-state index < -0.39 is 11.9 Å². The number of carboxylic acids is 2. The van der Waals surface area contributed by atoms with Crippen molar-refractivity contribution in [2.45, 2.75) is 322 Å². The second-order valence-electron chi connectivity index (χ2n) is 17.8. The zero-order chi connectivity index (χ0) is 41.1. The van der Waals surface area contributed by atoms with E-state index in [0.29, 0.717) is 0 Å². The molecule has 0 aromatic carbocycles. The van der Waals surface area contributed by atoms with Gasteiger partial charge in [0, 0.05) is 11.9 Å². The second kappa shape index (κ2) is 58.3. The van der Waals surface area contributed by atoms with Gasteiger partial charge in [0.15, 0.2) is 0 Å². The van der Waals surface area contributed by atoms with Crippen molar-refractivity contribution in [3.63, 3.8) is 0 Å². The van der Waals surface area contributed by atoms with Crippen LogP contribution in [0.15, 0.2) is 0 Å². The summed E-state index contributed by atoms with van der Waals surface area (Å²) in [4.78, 5) is 20.6. The van der Waals surface area contributed by atoms with E-state index in [-0.39, 0.29) is 50.6 Å². The first-order valence-electron chi connectivity index (χ1n) is 25.9. The minimum atomic E-state index is -0.900. The van der Waals surface area contributed by atoms with Gasteiger partial charge in [-0.2, -0.15) is 0 Å². The fourth-order valence-corrected chi connectivity index (χ4v) is 8.11. The largest absolute Gasteiger partial charge is 2.00 e. The van der Waals surface area contributed by atoms with Crippen LogP contribution in [-0.4, -0.2) is 49.7 Å². The molecule has 0 rings (SSSR count). The van der Waals surface area contributed by atoms with Gasteiger partial charge in [0.1, 0.15) is 0 Å². The van der Waals surface area contributed by atoms with E-state index in [2.05, 4.69) is 13.8 Å². The van der Waals surface area contributed by atoms with Crippen molar-refractivity contribution in [3.8, 4) is 0 Å². The Balaban J connectivity index is -0.00000101. The molecule has 0 atom stereocenters. The quantitative estimate of drug-likeness (QED) is 0.0452. The molecule has 0 amide bonds. The van der Waals surface area contributed by atoms with E-state index in [0.717, 1.165) is 25.7 Å². The third kappa shape index (κ3) is 65.5. The van der Waals surface area contributed by atoms with E-state index in [4.69, 9.17) is 0 Å². The van der Waals surface area contributed by atoms with Gasteiger partial charge in [-0.15, -0.1) is 0 Å². The number of aliphatic carboxylic acids is 2. The molecule has 5 heteroatoms. The monoisotopic (exact) mass is 831 g/mol. The Bertz CT molecular complexity index is 669. The molecule has 0 spiro atoms. The summed E-state index contributed by atoms with van der Waals surface area (Å²) in [5.41, 5.74) is 0. The van der Waals surface area contributed by atoms with Gasteiger partial charge in [0.25, 0.3) is 0 Å². The van der Waals surface area contributed by atoms with Gasteiger partial charge < -0.3 is 19.8 Å². The van der Waals surface area contributed by atoms with Gasteiger partial charge in [-0.05, 0) is 25.7 Å². The molecule has 0 aromatic rings. The maximum Gasteiger partial charge on any atom is 2.00 e. The van der Waals surface area contributed by atoms with Crippen molar-refractivity contribution in [1.29, 1.82) is 0 Å². The van der Waals surface area contributed by atoms with E-state index in [1.165, 1.54) is 270 Å². The van der Waals surface area contributed by atoms with Crippen LogP contribution in [0.1, 0.15) is 322 Å². The smallest absolute Gasteiger partial charge is 0.550 e. The van der Waals surface area contributed by atoms with E-state index in [1.807, 2.05) is 0 Å². The Hall–Kier alpha value is 0.200. The molecule has 0 aliphatic carbocycles. The second-order valence-corrected chi connectivity index (χ2v) is 17.8. The average Bonchev–Trinajstić information content (AvgIpc) is 3.18. The summed E-state index contributed by atoms with van der Waals surface area (Å²) in [7, 11) is 0. The fourth-order valence-electron chi connectivity index (χ4n) is 8.11. The average molecular weight is 831 g/mol. The van der Waals surface area contributed by atoms with Crippen LogP contribution in [0.25, 0.3) is 0 Å². The molecule has 0 aromatic heterocycles. The number of carbonyl (C=O) groups is 2. The van der Waals surface area contributed by atoms with Gasteiger partial charge >= 0.3 is 37.7 Å². The molecule has 0 saturated carbocycles. The third-order valence-electron chi connectivity index (χ3n) is 12.0. The Morgan fingerprint density at radius 3 is 0.439 bits per heavy atom. The molecular weight excluding hydrogens is 729 g/mol. The van der Waals surface area contributed by atoms with Crippen LogP contribution in [0, 0.1) is 0 Å². The zero-order valence-electron chi connectivity index (χ0n) is 39.3. The van der Waals surface area contributed by atoms with Crippen molar-refractivity contribution < 1.29 is 19.8 Å². The van der Waals surface area contributed by atoms with Gasteiger partial charge in [-0.25, -0.2) is 0 Å². The van der Waals surface area contributed by atoms with Gasteiger partial charge in [-0.1, -0.05) is 296 Å². The van der Waals surface area contributed by atoms with Gasteiger partial charge in [-0.3, -0.25) is 0 Å². The fraction of sp³-hybridized carbons (Fsp3) is 0.962. The predicted octanol–water partition coefficient (Wildman–Crippen LogP) is 15.9. The molecule has 0 bridgehead atoms. The SMILES string of the molecule is CCCCCCCCCCCCCCCCCCCCCCCCCC(=O)[O-].CCCCCCCCCCCCCCCCCCCCCCCCCC(=O)[O-].[Ca+2]. The van der Waals surface area contributed by atoms with Crippen molar-refractivity contribution in [2.24, 2.45) is 0 Å². The number of carbonyl (C=O) groups excluding carboxylic acids is 2. The number of unbranched alkanes of at least 4 members (excludes halogenated alkanes) is 44. The summed E-state index contributed by atoms with van der Waals surface area (Å²) >= 11 is 0. The summed E-state index contributed by atoms with van der Waals surface area (Å²) < 4.78 is 0. The van der Waals surface area contributed by atoms with Crippen molar-refractivity contribution >= 4 is 49.7 Å². The molecule has 0 N–H and O–H groups in total. The molecule has 0 fully saturated rings. The number of hydrogen-bond donors (Lipinski definition) is 0. The Morgan fingerprint density at radius 1 is 0.228 bits per heavy atom. The summed E-state index contributed by atoms with van der Waals surface area (Å²) in [5.74, 6) is -1.80.